The van der Waals surface area contributed by atoms with Crippen LogP contribution >= 0.6 is 0 Å². The zero-order valence-electron chi connectivity index (χ0n) is 15.6. The molecule has 1 aromatic carbocycles. The van der Waals surface area contributed by atoms with Crippen molar-refractivity contribution in [1.82, 2.24) is 19.4 Å². The van der Waals surface area contributed by atoms with Crippen molar-refractivity contribution in [2.45, 2.75) is 6.54 Å². The van der Waals surface area contributed by atoms with E-state index < -0.39 is 11.4 Å². The first-order chi connectivity index (χ1) is 13.5. The van der Waals surface area contributed by atoms with E-state index in [0.29, 0.717) is 18.1 Å². The van der Waals surface area contributed by atoms with Gasteiger partial charge >= 0.3 is 5.97 Å². The molecule has 1 aliphatic rings. The molecule has 28 heavy (non-hydrogen) atoms. The Morgan fingerprint density at radius 1 is 1.14 bits per heavy atom. The number of pyridine rings is 1. The van der Waals surface area contributed by atoms with Crippen molar-refractivity contribution in [3.05, 3.63) is 64.1 Å². The molecular weight excluding hydrogens is 358 g/mol. The van der Waals surface area contributed by atoms with Crippen molar-refractivity contribution in [2.24, 2.45) is 0 Å². The van der Waals surface area contributed by atoms with Crippen LogP contribution in [0.25, 0.3) is 11.0 Å². The zero-order valence-corrected chi connectivity index (χ0v) is 15.6. The van der Waals surface area contributed by atoms with Crippen LogP contribution in [0.1, 0.15) is 15.9 Å². The van der Waals surface area contributed by atoms with Crippen molar-refractivity contribution in [2.75, 3.05) is 38.1 Å². The van der Waals surface area contributed by atoms with E-state index >= 15 is 0 Å². The number of carbonyl (C=O) groups is 1. The molecule has 8 heteroatoms. The van der Waals surface area contributed by atoms with E-state index in [1.165, 1.54) is 12.4 Å². The summed E-state index contributed by atoms with van der Waals surface area (Å²) in [5.74, 6) is -0.693. The summed E-state index contributed by atoms with van der Waals surface area (Å²) < 4.78 is 1.72. The average Bonchev–Trinajstić information content (AvgIpc) is 2.71. The maximum absolute atomic E-state index is 12.6. The lowest BCUT2D eigenvalue weighted by atomic mass is 10.2. The van der Waals surface area contributed by atoms with Crippen LogP contribution in [0.15, 0.2) is 47.5 Å². The van der Waals surface area contributed by atoms with Gasteiger partial charge in [0.15, 0.2) is 0 Å². The van der Waals surface area contributed by atoms with Gasteiger partial charge < -0.3 is 19.5 Å². The largest absolute Gasteiger partial charge is 0.477 e. The van der Waals surface area contributed by atoms with Crippen molar-refractivity contribution >= 4 is 23.0 Å². The molecule has 0 saturated carbocycles. The number of hydrogen-bond donors (Lipinski definition) is 1. The van der Waals surface area contributed by atoms with Crippen molar-refractivity contribution < 1.29 is 9.90 Å². The second kappa shape index (κ2) is 7.40. The first-order valence-electron chi connectivity index (χ1n) is 9.14. The van der Waals surface area contributed by atoms with Crippen LogP contribution in [0.3, 0.4) is 0 Å². The summed E-state index contributed by atoms with van der Waals surface area (Å²) in [6.45, 7) is 3.85. The maximum Gasteiger partial charge on any atom is 0.341 e. The molecule has 144 valence electrons. The van der Waals surface area contributed by atoms with Crippen molar-refractivity contribution in [1.29, 1.82) is 0 Å². The monoisotopic (exact) mass is 379 g/mol. The van der Waals surface area contributed by atoms with Crippen molar-refractivity contribution in [3.63, 3.8) is 0 Å². The second-order valence-electron chi connectivity index (χ2n) is 6.99. The molecule has 0 amide bonds. The van der Waals surface area contributed by atoms with Gasteiger partial charge in [0.1, 0.15) is 11.2 Å². The van der Waals surface area contributed by atoms with Gasteiger partial charge in [0.25, 0.3) is 0 Å². The van der Waals surface area contributed by atoms with Crippen LogP contribution in [-0.4, -0.2) is 63.7 Å². The van der Waals surface area contributed by atoms with Gasteiger partial charge in [-0.05, 0) is 12.6 Å². The van der Waals surface area contributed by atoms with E-state index in [9.17, 15) is 14.7 Å². The van der Waals surface area contributed by atoms with Gasteiger partial charge in [-0.3, -0.25) is 4.79 Å². The number of hydrogen-bond acceptors (Lipinski definition) is 6. The third-order valence-corrected chi connectivity index (χ3v) is 5.01. The van der Waals surface area contributed by atoms with Crippen LogP contribution in [0.2, 0.25) is 0 Å². The normalized spacial score (nSPS) is 15.1. The standard InChI is InChI=1S/C20H21N5O3/c1-23-7-9-24(10-8-23)20-21-11-15-17(26)16(19(27)28)13-25(18(15)22-20)12-14-5-3-2-4-6-14/h2-6,11,13H,7-10,12H2,1H3,(H,27,28). The minimum atomic E-state index is -1.25. The minimum Gasteiger partial charge on any atom is -0.477 e. The molecule has 1 N–H and O–H groups in total. The molecule has 1 aliphatic heterocycles. The van der Waals surface area contributed by atoms with Gasteiger partial charge in [0.05, 0.1) is 5.39 Å². The molecule has 1 fully saturated rings. The fourth-order valence-electron chi connectivity index (χ4n) is 3.38. The Morgan fingerprint density at radius 3 is 2.54 bits per heavy atom. The van der Waals surface area contributed by atoms with Gasteiger partial charge in [-0.2, -0.15) is 4.98 Å². The number of carboxylic acids is 1. The highest BCUT2D eigenvalue weighted by atomic mass is 16.4. The third-order valence-electron chi connectivity index (χ3n) is 5.01. The Morgan fingerprint density at radius 2 is 1.86 bits per heavy atom. The molecule has 0 unspecified atom stereocenters. The molecule has 3 heterocycles. The Kier molecular flexibility index (Phi) is 4.79. The summed E-state index contributed by atoms with van der Waals surface area (Å²) in [5.41, 5.74) is 0.599. The first-order valence-corrected chi connectivity index (χ1v) is 9.14. The molecule has 0 radical (unpaired) electrons. The summed E-state index contributed by atoms with van der Waals surface area (Å²) in [5, 5.41) is 9.65. The second-order valence-corrected chi connectivity index (χ2v) is 6.99. The number of fused-ring (bicyclic) bond motifs is 1. The van der Waals surface area contributed by atoms with Gasteiger partial charge in [-0.25, -0.2) is 9.78 Å². The van der Waals surface area contributed by atoms with E-state index in [0.717, 1.165) is 31.7 Å². The number of rotatable bonds is 4. The SMILES string of the molecule is CN1CCN(c2ncc3c(=O)c(C(=O)O)cn(Cc4ccccc4)c3n2)CC1. The average molecular weight is 379 g/mol. The maximum atomic E-state index is 12.6. The van der Waals surface area contributed by atoms with E-state index in [2.05, 4.69) is 26.8 Å². The number of anilines is 1. The zero-order chi connectivity index (χ0) is 19.7. The Balaban J connectivity index is 1.83. The number of carboxylic acid groups (broad SMARTS) is 1. The highest BCUT2D eigenvalue weighted by Crippen LogP contribution is 2.17. The molecule has 2 aromatic heterocycles. The van der Waals surface area contributed by atoms with Gasteiger partial charge in [0.2, 0.25) is 11.4 Å². The van der Waals surface area contributed by atoms with E-state index in [-0.39, 0.29) is 10.9 Å². The Hall–Kier alpha value is -3.26. The summed E-state index contributed by atoms with van der Waals surface area (Å²) in [7, 11) is 2.07. The van der Waals surface area contributed by atoms with E-state index in [1.807, 2.05) is 30.3 Å². The number of nitrogens with zero attached hydrogens (tertiary/aromatic N) is 5. The van der Waals surface area contributed by atoms with Crippen LogP contribution in [0.4, 0.5) is 5.95 Å². The molecule has 0 atom stereocenters. The van der Waals surface area contributed by atoms with E-state index in [4.69, 9.17) is 0 Å². The van der Waals surface area contributed by atoms with Gasteiger partial charge in [-0.15, -0.1) is 0 Å². The highest BCUT2D eigenvalue weighted by molar-refractivity contribution is 5.91. The molecule has 1 saturated heterocycles. The number of aromatic nitrogens is 3. The van der Waals surface area contributed by atoms with E-state index in [1.54, 1.807) is 4.57 Å². The summed E-state index contributed by atoms with van der Waals surface area (Å²) >= 11 is 0. The lowest BCUT2D eigenvalue weighted by Crippen LogP contribution is -2.45. The molecule has 8 nitrogen and oxygen atoms in total. The lowest BCUT2D eigenvalue weighted by molar-refractivity contribution is 0.0695. The first kappa shape index (κ1) is 18.1. The predicted molar refractivity (Wildman–Crippen MR) is 106 cm³/mol. The lowest BCUT2D eigenvalue weighted by Gasteiger charge is -2.32. The smallest absolute Gasteiger partial charge is 0.341 e. The minimum absolute atomic E-state index is 0.216. The fraction of sp³-hybridized carbons (Fsp3) is 0.300. The third kappa shape index (κ3) is 3.46. The molecular formula is C20H21N5O3. The van der Waals surface area contributed by atoms with Crippen LogP contribution < -0.4 is 10.3 Å². The molecule has 0 aliphatic carbocycles. The number of benzene rings is 1. The van der Waals surface area contributed by atoms with Crippen molar-refractivity contribution in [3.8, 4) is 0 Å². The summed E-state index contributed by atoms with van der Waals surface area (Å²) in [4.78, 5) is 37.5. The number of aromatic carboxylic acids is 1. The van der Waals surface area contributed by atoms with Crippen LogP contribution in [0.5, 0.6) is 0 Å². The molecule has 4 rings (SSSR count). The topological polar surface area (TPSA) is 91.6 Å². The molecule has 0 bridgehead atoms. The molecule has 3 aromatic rings. The Bertz CT molecular complexity index is 1070. The van der Waals surface area contributed by atoms with Gasteiger partial charge in [0, 0.05) is 45.1 Å². The number of piperazine rings is 1. The Labute approximate surface area is 161 Å². The number of likely N-dealkylation sites (N-methyl/N-ethyl adjacent to an activating group) is 1. The molecule has 0 spiro atoms. The summed E-state index contributed by atoms with van der Waals surface area (Å²) in [6.07, 6.45) is 2.83. The van der Waals surface area contributed by atoms with Crippen LogP contribution in [0, 0.1) is 0 Å². The fourth-order valence-corrected chi connectivity index (χ4v) is 3.38. The van der Waals surface area contributed by atoms with Crippen LogP contribution in [-0.2, 0) is 6.54 Å². The van der Waals surface area contributed by atoms with Gasteiger partial charge in [-0.1, -0.05) is 30.3 Å². The highest BCUT2D eigenvalue weighted by Gasteiger charge is 2.20. The summed E-state index contributed by atoms with van der Waals surface area (Å²) in [6, 6.07) is 9.66. The predicted octanol–water partition coefficient (Wildman–Crippen LogP) is 1.29. The quantitative estimate of drug-likeness (QED) is 0.730.